The molecule has 3 rings (SSSR count). The molecule has 0 unspecified atom stereocenters. The van der Waals surface area contributed by atoms with E-state index >= 15 is 0 Å². The maximum absolute atomic E-state index is 12.8. The van der Waals surface area contributed by atoms with E-state index in [0.717, 1.165) is 14.9 Å². The van der Waals surface area contributed by atoms with Crippen LogP contribution in [0.25, 0.3) is 6.08 Å². The summed E-state index contributed by atoms with van der Waals surface area (Å²) in [6, 6.07) is 11.2. The average molecular weight is 415 g/mol. The molecule has 1 fully saturated rings. The van der Waals surface area contributed by atoms with Gasteiger partial charge in [0.1, 0.15) is 11.3 Å². The van der Waals surface area contributed by atoms with Gasteiger partial charge >= 0.3 is 6.03 Å². The molecule has 26 heavy (non-hydrogen) atoms. The highest BCUT2D eigenvalue weighted by molar-refractivity contribution is 9.10. The van der Waals surface area contributed by atoms with Gasteiger partial charge in [-0.05, 0) is 54.5 Å². The fourth-order valence-electron chi connectivity index (χ4n) is 2.53. The zero-order valence-electron chi connectivity index (χ0n) is 14.1. The molecule has 0 aromatic heterocycles. The van der Waals surface area contributed by atoms with Crippen molar-refractivity contribution in [2.75, 3.05) is 12.0 Å². The number of imide groups is 2. The van der Waals surface area contributed by atoms with Gasteiger partial charge in [-0.2, -0.15) is 0 Å². The van der Waals surface area contributed by atoms with Gasteiger partial charge in [0.05, 0.1) is 12.8 Å². The zero-order valence-corrected chi connectivity index (χ0v) is 15.7. The molecule has 0 bridgehead atoms. The number of halogens is 1. The van der Waals surface area contributed by atoms with Crippen LogP contribution in [-0.4, -0.2) is 25.0 Å². The maximum atomic E-state index is 12.8. The van der Waals surface area contributed by atoms with Crippen LogP contribution in [0.5, 0.6) is 5.75 Å². The number of benzene rings is 2. The summed E-state index contributed by atoms with van der Waals surface area (Å²) in [5.41, 5.74) is 1.78. The minimum absolute atomic E-state index is 0.115. The summed E-state index contributed by atoms with van der Waals surface area (Å²) in [5, 5.41) is 2.21. The molecule has 1 N–H and O–H groups in total. The van der Waals surface area contributed by atoms with Crippen molar-refractivity contribution in [1.29, 1.82) is 0 Å². The number of barbiturate groups is 1. The Bertz CT molecular complexity index is 935. The van der Waals surface area contributed by atoms with Crippen LogP contribution < -0.4 is 15.0 Å². The first-order valence-electron chi connectivity index (χ1n) is 7.72. The number of nitrogens with zero attached hydrogens (tertiary/aromatic N) is 1. The summed E-state index contributed by atoms with van der Waals surface area (Å²) < 4.78 is 5.95. The van der Waals surface area contributed by atoms with Crippen molar-refractivity contribution in [3.8, 4) is 5.75 Å². The Morgan fingerprint density at radius 3 is 2.38 bits per heavy atom. The Labute approximate surface area is 158 Å². The van der Waals surface area contributed by atoms with E-state index < -0.39 is 17.8 Å². The molecule has 6 nitrogen and oxygen atoms in total. The Morgan fingerprint density at radius 1 is 1.08 bits per heavy atom. The van der Waals surface area contributed by atoms with Crippen LogP contribution >= 0.6 is 15.9 Å². The van der Waals surface area contributed by atoms with Gasteiger partial charge in [-0.1, -0.05) is 28.1 Å². The Hall–Kier alpha value is -2.93. The second-order valence-corrected chi connectivity index (χ2v) is 6.52. The Kier molecular flexibility index (Phi) is 4.90. The number of ether oxygens (including phenoxy) is 1. The largest absolute Gasteiger partial charge is 0.497 e. The minimum Gasteiger partial charge on any atom is -0.497 e. The van der Waals surface area contributed by atoms with Gasteiger partial charge in [-0.3, -0.25) is 14.9 Å². The number of hydrogen-bond donors (Lipinski definition) is 1. The minimum atomic E-state index is -0.770. The monoisotopic (exact) mass is 414 g/mol. The molecule has 0 radical (unpaired) electrons. The number of hydrogen-bond acceptors (Lipinski definition) is 4. The molecule has 4 amide bonds. The van der Waals surface area contributed by atoms with Gasteiger partial charge in [0, 0.05) is 4.47 Å². The molecule has 132 valence electrons. The van der Waals surface area contributed by atoms with Gasteiger partial charge in [0.15, 0.2) is 0 Å². The Morgan fingerprint density at radius 2 is 1.77 bits per heavy atom. The molecule has 1 aliphatic heterocycles. The number of carbonyl (C=O) groups is 3. The number of aryl methyl sites for hydroxylation is 1. The first-order valence-corrected chi connectivity index (χ1v) is 8.51. The van der Waals surface area contributed by atoms with Gasteiger partial charge in [-0.25, -0.2) is 9.69 Å². The van der Waals surface area contributed by atoms with E-state index in [1.54, 1.807) is 49.6 Å². The lowest BCUT2D eigenvalue weighted by molar-refractivity contribution is -0.122. The quantitative estimate of drug-likeness (QED) is 0.616. The fourth-order valence-corrected chi connectivity index (χ4v) is 2.77. The van der Waals surface area contributed by atoms with Crippen molar-refractivity contribution in [2.45, 2.75) is 6.92 Å². The van der Waals surface area contributed by atoms with Crippen molar-refractivity contribution < 1.29 is 19.1 Å². The summed E-state index contributed by atoms with van der Waals surface area (Å²) in [5.74, 6) is -0.731. The first kappa shape index (κ1) is 17.9. The predicted molar refractivity (Wildman–Crippen MR) is 101 cm³/mol. The molecule has 7 heteroatoms. The highest BCUT2D eigenvalue weighted by Gasteiger charge is 2.36. The van der Waals surface area contributed by atoms with Crippen LogP contribution in [0.2, 0.25) is 0 Å². The second kappa shape index (κ2) is 7.13. The van der Waals surface area contributed by atoms with Crippen molar-refractivity contribution in [1.82, 2.24) is 5.32 Å². The third-order valence-electron chi connectivity index (χ3n) is 3.93. The van der Waals surface area contributed by atoms with Crippen LogP contribution in [0.4, 0.5) is 10.5 Å². The molecule has 2 aromatic carbocycles. The average Bonchev–Trinajstić information content (AvgIpc) is 2.62. The van der Waals surface area contributed by atoms with Crippen molar-refractivity contribution >= 4 is 45.5 Å². The highest BCUT2D eigenvalue weighted by atomic mass is 79.9. The van der Waals surface area contributed by atoms with Crippen molar-refractivity contribution in [3.05, 3.63) is 63.6 Å². The highest BCUT2D eigenvalue weighted by Crippen LogP contribution is 2.26. The zero-order chi connectivity index (χ0) is 18.8. The number of carbonyl (C=O) groups excluding carboxylic acids is 3. The van der Waals surface area contributed by atoms with Gasteiger partial charge < -0.3 is 4.74 Å². The third-order valence-corrected chi connectivity index (χ3v) is 4.82. The lowest BCUT2D eigenvalue weighted by atomic mass is 10.1. The molecule has 1 heterocycles. The molecule has 2 aromatic rings. The Balaban J connectivity index is 1.99. The van der Waals surface area contributed by atoms with Crippen LogP contribution in [0.3, 0.4) is 0 Å². The van der Waals surface area contributed by atoms with E-state index in [1.807, 2.05) is 6.92 Å². The topological polar surface area (TPSA) is 75.7 Å². The van der Waals surface area contributed by atoms with E-state index in [2.05, 4.69) is 21.2 Å². The first-order chi connectivity index (χ1) is 12.4. The van der Waals surface area contributed by atoms with E-state index in [4.69, 9.17) is 4.74 Å². The van der Waals surface area contributed by atoms with Crippen LogP contribution in [0.1, 0.15) is 11.1 Å². The van der Waals surface area contributed by atoms with Crippen LogP contribution in [-0.2, 0) is 9.59 Å². The summed E-state index contributed by atoms with van der Waals surface area (Å²) in [6.45, 7) is 1.85. The molecule has 0 spiro atoms. The molecule has 0 saturated carbocycles. The van der Waals surface area contributed by atoms with Gasteiger partial charge in [0.25, 0.3) is 11.8 Å². The summed E-state index contributed by atoms with van der Waals surface area (Å²) in [6.07, 6.45) is 1.45. The van der Waals surface area contributed by atoms with E-state index in [9.17, 15) is 14.4 Å². The SMILES string of the molecule is COc1ccc(C=C2C(=O)NC(=O)N(c3ccc(Br)c(C)c3)C2=O)cc1. The maximum Gasteiger partial charge on any atom is 0.335 e. The third kappa shape index (κ3) is 3.39. The smallest absolute Gasteiger partial charge is 0.335 e. The van der Waals surface area contributed by atoms with Gasteiger partial charge in [-0.15, -0.1) is 0 Å². The van der Waals surface area contributed by atoms with Crippen molar-refractivity contribution in [3.63, 3.8) is 0 Å². The molecular formula is C19H15BrN2O4. The standard InChI is InChI=1S/C19H15BrN2O4/c1-11-9-13(5-8-16(11)20)22-18(24)15(17(23)21-19(22)25)10-12-3-6-14(26-2)7-4-12/h3-10H,1-2H3,(H,21,23,25). The summed E-state index contributed by atoms with van der Waals surface area (Å²) >= 11 is 3.38. The number of amides is 4. The number of methoxy groups -OCH3 is 1. The number of anilines is 1. The predicted octanol–water partition coefficient (Wildman–Crippen LogP) is 3.43. The van der Waals surface area contributed by atoms with Crippen LogP contribution in [0.15, 0.2) is 52.5 Å². The fraction of sp³-hybridized carbons (Fsp3) is 0.105. The normalized spacial score (nSPS) is 16.0. The number of rotatable bonds is 3. The second-order valence-electron chi connectivity index (χ2n) is 5.66. The molecule has 1 aliphatic rings. The number of urea groups is 1. The van der Waals surface area contributed by atoms with E-state index in [-0.39, 0.29) is 5.57 Å². The van der Waals surface area contributed by atoms with E-state index in [0.29, 0.717) is 17.0 Å². The van der Waals surface area contributed by atoms with Crippen LogP contribution in [0, 0.1) is 6.92 Å². The number of nitrogens with one attached hydrogen (secondary N) is 1. The molecular weight excluding hydrogens is 400 g/mol. The molecule has 0 atom stereocenters. The lowest BCUT2D eigenvalue weighted by Gasteiger charge is -2.26. The summed E-state index contributed by atoms with van der Waals surface area (Å²) in [7, 11) is 1.55. The molecule has 0 aliphatic carbocycles. The van der Waals surface area contributed by atoms with E-state index in [1.165, 1.54) is 6.08 Å². The molecule has 1 saturated heterocycles. The van der Waals surface area contributed by atoms with Crippen molar-refractivity contribution in [2.24, 2.45) is 0 Å². The van der Waals surface area contributed by atoms with Gasteiger partial charge in [0.2, 0.25) is 0 Å². The summed E-state index contributed by atoms with van der Waals surface area (Å²) in [4.78, 5) is 38.1. The lowest BCUT2D eigenvalue weighted by Crippen LogP contribution is -2.54.